The molecule has 0 saturated heterocycles. The fraction of sp³-hybridized carbons (Fsp3) is 0.0556. The van der Waals surface area contributed by atoms with Gasteiger partial charge in [-0.25, -0.2) is 4.79 Å². The van der Waals surface area contributed by atoms with Gasteiger partial charge in [0.15, 0.2) is 11.5 Å². The Balaban J connectivity index is 2.15. The lowest BCUT2D eigenvalue weighted by Crippen LogP contribution is -1.97. The summed E-state index contributed by atoms with van der Waals surface area (Å²) in [5.74, 6) is -1.71. The third-order valence-electron chi connectivity index (χ3n) is 3.86. The highest BCUT2D eigenvalue weighted by Gasteiger charge is 2.18. The number of methoxy groups -OCH3 is 1. The second-order valence-corrected chi connectivity index (χ2v) is 5.46. The van der Waals surface area contributed by atoms with Gasteiger partial charge in [-0.05, 0) is 17.5 Å². The summed E-state index contributed by atoms with van der Waals surface area (Å²) in [6.07, 6.45) is 0. The third kappa shape index (κ3) is 3.38. The molecule has 9 heteroatoms. The molecule has 0 aliphatic rings. The van der Waals surface area contributed by atoms with Crippen molar-refractivity contribution in [3.8, 4) is 11.5 Å². The molecule has 0 aliphatic carbocycles. The van der Waals surface area contributed by atoms with Crippen molar-refractivity contribution in [1.29, 1.82) is 0 Å². The molecule has 0 spiro atoms. The molecular weight excluding hydrogens is 354 g/mol. The van der Waals surface area contributed by atoms with E-state index in [0.29, 0.717) is 10.8 Å². The molecule has 3 aromatic rings. The predicted octanol–water partition coefficient (Wildman–Crippen LogP) is 4.58. The molecule has 0 aliphatic heterocycles. The second-order valence-electron chi connectivity index (χ2n) is 5.46. The molecule has 9 nitrogen and oxygen atoms in total. The minimum Gasteiger partial charge on any atom is -0.505 e. The number of fused-ring (bicyclic) bond motifs is 1. The lowest BCUT2D eigenvalue weighted by molar-refractivity contribution is -0.384. The number of nitro benzene ring substituents is 1. The van der Waals surface area contributed by atoms with Gasteiger partial charge in [-0.2, -0.15) is 0 Å². The number of hydrogen-bond acceptors (Lipinski definition) is 7. The van der Waals surface area contributed by atoms with E-state index in [4.69, 9.17) is 4.74 Å². The highest BCUT2D eigenvalue weighted by atomic mass is 16.6. The Morgan fingerprint density at radius 2 is 1.89 bits per heavy atom. The Kier molecular flexibility index (Phi) is 4.67. The van der Waals surface area contributed by atoms with E-state index in [1.807, 2.05) is 0 Å². The molecule has 0 saturated carbocycles. The Bertz CT molecular complexity index is 1090. The van der Waals surface area contributed by atoms with Crippen LogP contribution in [0.1, 0.15) is 10.4 Å². The first-order valence-corrected chi connectivity index (χ1v) is 7.64. The number of carbonyl (C=O) groups is 1. The molecule has 3 rings (SSSR count). The Labute approximate surface area is 152 Å². The summed E-state index contributed by atoms with van der Waals surface area (Å²) in [5.41, 5.74) is -0.316. The molecule has 27 heavy (non-hydrogen) atoms. The number of aromatic carboxylic acids is 1. The van der Waals surface area contributed by atoms with Gasteiger partial charge in [-0.15, -0.1) is 10.2 Å². The van der Waals surface area contributed by atoms with Crippen LogP contribution in [0, 0.1) is 10.1 Å². The number of non-ortho nitro benzene ring substituents is 1. The van der Waals surface area contributed by atoms with Crippen LogP contribution in [0.5, 0.6) is 11.5 Å². The van der Waals surface area contributed by atoms with Gasteiger partial charge in [-0.1, -0.05) is 24.3 Å². The van der Waals surface area contributed by atoms with Crippen molar-refractivity contribution < 1.29 is 24.7 Å². The first-order valence-electron chi connectivity index (χ1n) is 7.64. The molecule has 0 bridgehead atoms. The number of azo groups is 1. The van der Waals surface area contributed by atoms with Crippen LogP contribution in [0.4, 0.5) is 17.1 Å². The third-order valence-corrected chi connectivity index (χ3v) is 3.86. The molecule has 3 aromatic carbocycles. The number of phenols is 1. The molecule has 0 fully saturated rings. The quantitative estimate of drug-likeness (QED) is 0.385. The molecular formula is C18H13N3O6. The van der Waals surface area contributed by atoms with Crippen LogP contribution >= 0.6 is 0 Å². The Morgan fingerprint density at radius 1 is 1.15 bits per heavy atom. The molecule has 0 radical (unpaired) electrons. The summed E-state index contributed by atoms with van der Waals surface area (Å²) in [6.45, 7) is 0. The summed E-state index contributed by atoms with van der Waals surface area (Å²) >= 11 is 0. The zero-order chi connectivity index (χ0) is 19.6. The van der Waals surface area contributed by atoms with Crippen molar-refractivity contribution in [1.82, 2.24) is 0 Å². The van der Waals surface area contributed by atoms with E-state index in [0.717, 1.165) is 0 Å². The lowest BCUT2D eigenvalue weighted by Gasteiger charge is -2.08. The Morgan fingerprint density at radius 3 is 2.56 bits per heavy atom. The van der Waals surface area contributed by atoms with Gasteiger partial charge in [-0.3, -0.25) is 10.1 Å². The van der Waals surface area contributed by atoms with Crippen LogP contribution in [0.3, 0.4) is 0 Å². The van der Waals surface area contributed by atoms with Crippen molar-refractivity contribution >= 4 is 33.8 Å². The predicted molar refractivity (Wildman–Crippen MR) is 96.4 cm³/mol. The summed E-state index contributed by atoms with van der Waals surface area (Å²) < 4.78 is 5.09. The molecule has 0 amide bonds. The topological polar surface area (TPSA) is 135 Å². The van der Waals surface area contributed by atoms with E-state index in [1.165, 1.54) is 31.4 Å². The zero-order valence-electron chi connectivity index (χ0n) is 14.0. The van der Waals surface area contributed by atoms with Crippen LogP contribution in [-0.2, 0) is 0 Å². The van der Waals surface area contributed by atoms with Crippen molar-refractivity contribution in [2.24, 2.45) is 10.2 Å². The minimum absolute atomic E-state index is 0.0223. The molecule has 2 N–H and O–H groups in total. The summed E-state index contributed by atoms with van der Waals surface area (Å²) in [4.78, 5) is 21.7. The highest BCUT2D eigenvalue weighted by Crippen LogP contribution is 2.40. The largest absolute Gasteiger partial charge is 0.505 e. The number of ether oxygens (including phenoxy) is 1. The molecule has 136 valence electrons. The van der Waals surface area contributed by atoms with Gasteiger partial charge in [0.05, 0.1) is 18.1 Å². The van der Waals surface area contributed by atoms with Gasteiger partial charge in [0.2, 0.25) is 0 Å². The molecule has 0 heterocycles. The van der Waals surface area contributed by atoms with E-state index in [1.54, 1.807) is 24.3 Å². The summed E-state index contributed by atoms with van der Waals surface area (Å²) in [5, 5.41) is 39.5. The van der Waals surface area contributed by atoms with Gasteiger partial charge >= 0.3 is 5.97 Å². The normalized spacial score (nSPS) is 11.0. The van der Waals surface area contributed by atoms with E-state index in [2.05, 4.69) is 10.2 Å². The van der Waals surface area contributed by atoms with Crippen LogP contribution in [0.2, 0.25) is 0 Å². The molecule has 0 atom stereocenters. The maximum atomic E-state index is 11.4. The van der Waals surface area contributed by atoms with Crippen molar-refractivity contribution in [2.45, 2.75) is 0 Å². The van der Waals surface area contributed by atoms with E-state index < -0.39 is 16.6 Å². The monoisotopic (exact) mass is 367 g/mol. The van der Waals surface area contributed by atoms with Crippen LogP contribution in [0.15, 0.2) is 58.8 Å². The van der Waals surface area contributed by atoms with Crippen molar-refractivity contribution in [3.63, 3.8) is 0 Å². The van der Waals surface area contributed by atoms with E-state index in [-0.39, 0.29) is 28.4 Å². The van der Waals surface area contributed by atoms with Gasteiger partial charge in [0, 0.05) is 11.5 Å². The van der Waals surface area contributed by atoms with Gasteiger partial charge in [0.1, 0.15) is 16.9 Å². The number of carboxylic acid groups (broad SMARTS) is 1. The smallest absolute Gasteiger partial charge is 0.339 e. The number of hydrogen-bond donors (Lipinski definition) is 2. The summed E-state index contributed by atoms with van der Waals surface area (Å²) in [7, 11) is 1.33. The van der Waals surface area contributed by atoms with Crippen LogP contribution < -0.4 is 4.74 Å². The van der Waals surface area contributed by atoms with E-state index in [9.17, 15) is 25.1 Å². The standard InChI is InChI=1S/C18H13N3O6/c1-27-15-9-11(21(25)26)6-7-14(15)19-20-16-12-5-3-2-4-10(12)8-13(17(16)22)18(23)24/h2-9,22H,1H3,(H,23,24). The average molecular weight is 367 g/mol. The summed E-state index contributed by atoms with van der Waals surface area (Å²) in [6, 6.07) is 11.9. The fourth-order valence-electron chi connectivity index (χ4n) is 2.55. The van der Waals surface area contributed by atoms with Gasteiger partial charge in [0.25, 0.3) is 5.69 Å². The molecule has 0 aromatic heterocycles. The maximum Gasteiger partial charge on any atom is 0.339 e. The SMILES string of the molecule is COc1cc([N+](=O)[O-])ccc1N=Nc1c(O)c(C(=O)O)cc2ccccc12. The Hall–Kier alpha value is -4.01. The number of rotatable bonds is 5. The van der Waals surface area contributed by atoms with Gasteiger partial charge < -0.3 is 14.9 Å². The maximum absolute atomic E-state index is 11.4. The first kappa shape index (κ1) is 17.8. The highest BCUT2D eigenvalue weighted by molar-refractivity contribution is 6.04. The van der Waals surface area contributed by atoms with Crippen LogP contribution in [-0.4, -0.2) is 28.2 Å². The van der Waals surface area contributed by atoms with Crippen LogP contribution in [0.25, 0.3) is 10.8 Å². The second kappa shape index (κ2) is 7.08. The fourth-order valence-corrected chi connectivity index (χ4v) is 2.55. The van der Waals surface area contributed by atoms with E-state index >= 15 is 0 Å². The average Bonchev–Trinajstić information content (AvgIpc) is 2.66. The van der Waals surface area contributed by atoms with Crippen molar-refractivity contribution in [2.75, 3.05) is 7.11 Å². The number of aromatic hydroxyl groups is 1. The lowest BCUT2D eigenvalue weighted by atomic mass is 10.0. The molecule has 0 unspecified atom stereocenters. The number of nitro groups is 1. The minimum atomic E-state index is -1.30. The number of benzene rings is 3. The number of nitrogens with zero attached hydrogens (tertiary/aromatic N) is 3. The number of carboxylic acids is 1. The first-order chi connectivity index (χ1) is 12.9. The zero-order valence-corrected chi connectivity index (χ0v) is 14.0. The van der Waals surface area contributed by atoms with Crippen molar-refractivity contribution in [3.05, 3.63) is 64.2 Å².